The molecule has 3 rings (SSSR count). The Morgan fingerprint density at radius 2 is 1.74 bits per heavy atom. The van der Waals surface area contributed by atoms with Crippen LogP contribution in [-0.2, 0) is 4.79 Å². The third kappa shape index (κ3) is 6.23. The highest BCUT2D eigenvalue weighted by atomic mass is 35.5. The van der Waals surface area contributed by atoms with E-state index in [0.29, 0.717) is 27.7 Å². The Bertz CT molecular complexity index is 1060. The highest BCUT2D eigenvalue weighted by molar-refractivity contribution is 6.32. The topological polar surface area (TPSA) is 79.5 Å². The van der Waals surface area contributed by atoms with E-state index in [-0.39, 0.29) is 24.4 Å². The molecular formula is C24H24ClN3O3. The second-order valence-corrected chi connectivity index (χ2v) is 7.34. The minimum absolute atomic E-state index is 0.0458. The molecule has 6 nitrogen and oxygen atoms in total. The first-order valence-corrected chi connectivity index (χ1v) is 10.2. The Morgan fingerprint density at radius 1 is 0.968 bits per heavy atom. The second kappa shape index (κ2) is 10.5. The lowest BCUT2D eigenvalue weighted by Crippen LogP contribution is -2.27. The van der Waals surface area contributed by atoms with Gasteiger partial charge in [0.25, 0.3) is 5.91 Å². The summed E-state index contributed by atoms with van der Waals surface area (Å²) < 4.78 is 5.11. The first-order chi connectivity index (χ1) is 15.0. The lowest BCUT2D eigenvalue weighted by Gasteiger charge is -2.15. The largest absolute Gasteiger partial charge is 0.495 e. The molecule has 0 spiro atoms. The zero-order chi connectivity index (χ0) is 22.2. The smallest absolute Gasteiger partial charge is 0.251 e. The van der Waals surface area contributed by atoms with Crippen LogP contribution in [0.15, 0.2) is 72.8 Å². The van der Waals surface area contributed by atoms with Crippen molar-refractivity contribution in [1.29, 1.82) is 0 Å². The van der Waals surface area contributed by atoms with Gasteiger partial charge in [0.05, 0.1) is 24.7 Å². The number of benzene rings is 3. The standard InChI is InChI=1S/C24H24ClN3O3/c1-16(17-7-4-3-5-8-17)27-24(30)18-9-6-10-20(13-18)28-23(29)15-26-19-11-12-22(31-2)21(25)14-19/h3-14,16,26H,15H2,1-2H3,(H,27,30)(H,28,29). The number of hydrogen-bond acceptors (Lipinski definition) is 4. The van der Waals surface area contributed by atoms with Gasteiger partial charge in [0.2, 0.25) is 5.91 Å². The van der Waals surface area contributed by atoms with Crippen molar-refractivity contribution in [2.75, 3.05) is 24.3 Å². The minimum Gasteiger partial charge on any atom is -0.495 e. The van der Waals surface area contributed by atoms with E-state index in [1.165, 1.54) is 0 Å². The Labute approximate surface area is 186 Å². The molecule has 0 heterocycles. The lowest BCUT2D eigenvalue weighted by atomic mass is 10.1. The van der Waals surface area contributed by atoms with Crippen molar-refractivity contribution in [3.63, 3.8) is 0 Å². The zero-order valence-electron chi connectivity index (χ0n) is 17.3. The number of anilines is 2. The normalized spacial score (nSPS) is 11.3. The number of methoxy groups -OCH3 is 1. The number of carbonyl (C=O) groups is 2. The van der Waals surface area contributed by atoms with Gasteiger partial charge in [0.15, 0.2) is 0 Å². The molecule has 0 saturated carbocycles. The summed E-state index contributed by atoms with van der Waals surface area (Å²) in [5, 5.41) is 9.22. The van der Waals surface area contributed by atoms with E-state index < -0.39 is 0 Å². The van der Waals surface area contributed by atoms with Gasteiger partial charge in [-0.3, -0.25) is 9.59 Å². The number of amides is 2. The van der Waals surface area contributed by atoms with Gasteiger partial charge in [-0.15, -0.1) is 0 Å². The maximum Gasteiger partial charge on any atom is 0.251 e. The molecule has 0 radical (unpaired) electrons. The third-order valence-electron chi connectivity index (χ3n) is 4.66. The summed E-state index contributed by atoms with van der Waals surface area (Å²) in [5.41, 5.74) is 2.73. The van der Waals surface area contributed by atoms with Crippen molar-refractivity contribution >= 4 is 34.8 Å². The molecule has 0 aliphatic rings. The molecule has 3 aromatic rings. The number of rotatable bonds is 8. The molecule has 3 N–H and O–H groups in total. The fourth-order valence-corrected chi connectivity index (χ4v) is 3.26. The molecule has 0 aliphatic heterocycles. The Hall–Kier alpha value is -3.51. The summed E-state index contributed by atoms with van der Waals surface area (Å²) in [6.07, 6.45) is 0. The maximum absolute atomic E-state index is 12.6. The van der Waals surface area contributed by atoms with Gasteiger partial charge in [0, 0.05) is 16.9 Å². The fourth-order valence-electron chi connectivity index (χ4n) is 3.01. The van der Waals surface area contributed by atoms with Crippen LogP contribution < -0.4 is 20.7 Å². The van der Waals surface area contributed by atoms with Crippen LogP contribution >= 0.6 is 11.6 Å². The van der Waals surface area contributed by atoms with Crippen LogP contribution in [0, 0.1) is 0 Å². The van der Waals surface area contributed by atoms with Crippen molar-refractivity contribution in [2.24, 2.45) is 0 Å². The molecule has 3 aromatic carbocycles. The predicted molar refractivity (Wildman–Crippen MR) is 124 cm³/mol. The van der Waals surface area contributed by atoms with Gasteiger partial charge in [-0.1, -0.05) is 48.0 Å². The maximum atomic E-state index is 12.6. The Balaban J connectivity index is 1.56. The van der Waals surface area contributed by atoms with Crippen LogP contribution in [0.3, 0.4) is 0 Å². The molecule has 1 unspecified atom stereocenters. The van der Waals surface area contributed by atoms with E-state index in [9.17, 15) is 9.59 Å². The first kappa shape index (κ1) is 22.2. The molecule has 160 valence electrons. The predicted octanol–water partition coefficient (Wildman–Crippen LogP) is 4.89. The van der Waals surface area contributed by atoms with Crippen molar-refractivity contribution in [2.45, 2.75) is 13.0 Å². The van der Waals surface area contributed by atoms with Crippen LogP contribution in [0.1, 0.15) is 28.9 Å². The quantitative estimate of drug-likeness (QED) is 0.468. The SMILES string of the molecule is COc1ccc(NCC(=O)Nc2cccc(C(=O)NC(C)c3ccccc3)c2)cc1Cl. The van der Waals surface area contributed by atoms with Gasteiger partial charge in [-0.2, -0.15) is 0 Å². The van der Waals surface area contributed by atoms with Gasteiger partial charge in [-0.25, -0.2) is 0 Å². The first-order valence-electron chi connectivity index (χ1n) is 9.79. The minimum atomic E-state index is -0.248. The van der Waals surface area contributed by atoms with E-state index in [1.54, 1.807) is 49.6 Å². The molecule has 0 fully saturated rings. The molecule has 31 heavy (non-hydrogen) atoms. The highest BCUT2D eigenvalue weighted by Crippen LogP contribution is 2.27. The highest BCUT2D eigenvalue weighted by Gasteiger charge is 2.12. The molecule has 0 aliphatic carbocycles. The van der Waals surface area contributed by atoms with Gasteiger partial charge >= 0.3 is 0 Å². The van der Waals surface area contributed by atoms with Crippen LogP contribution in [0.25, 0.3) is 0 Å². The molecule has 2 amide bonds. The Morgan fingerprint density at radius 3 is 2.45 bits per heavy atom. The second-order valence-electron chi connectivity index (χ2n) is 6.94. The van der Waals surface area contributed by atoms with E-state index >= 15 is 0 Å². The van der Waals surface area contributed by atoms with Crippen molar-refractivity contribution in [3.8, 4) is 5.75 Å². The summed E-state index contributed by atoms with van der Waals surface area (Å²) in [6.45, 7) is 1.97. The number of carbonyl (C=O) groups excluding carboxylic acids is 2. The molecule has 0 bridgehead atoms. The number of halogens is 1. The molecule has 0 saturated heterocycles. The number of ether oxygens (including phenoxy) is 1. The third-order valence-corrected chi connectivity index (χ3v) is 4.96. The van der Waals surface area contributed by atoms with Crippen LogP contribution in [0.5, 0.6) is 5.75 Å². The zero-order valence-corrected chi connectivity index (χ0v) is 18.1. The summed E-state index contributed by atoms with van der Waals surface area (Å²) in [7, 11) is 1.54. The van der Waals surface area contributed by atoms with Gasteiger partial charge in [0.1, 0.15) is 5.75 Å². The number of nitrogens with one attached hydrogen (secondary N) is 3. The average molecular weight is 438 g/mol. The summed E-state index contributed by atoms with van der Waals surface area (Å²) in [4.78, 5) is 24.9. The van der Waals surface area contributed by atoms with E-state index in [4.69, 9.17) is 16.3 Å². The lowest BCUT2D eigenvalue weighted by molar-refractivity contribution is -0.114. The molecule has 7 heteroatoms. The van der Waals surface area contributed by atoms with Crippen molar-refractivity contribution in [1.82, 2.24) is 5.32 Å². The van der Waals surface area contributed by atoms with E-state index in [0.717, 1.165) is 5.56 Å². The fraction of sp³-hybridized carbons (Fsp3) is 0.167. The van der Waals surface area contributed by atoms with Crippen LogP contribution in [0.2, 0.25) is 5.02 Å². The van der Waals surface area contributed by atoms with Gasteiger partial charge < -0.3 is 20.7 Å². The van der Waals surface area contributed by atoms with E-state index in [2.05, 4.69) is 16.0 Å². The van der Waals surface area contributed by atoms with Crippen LogP contribution in [-0.4, -0.2) is 25.5 Å². The van der Waals surface area contributed by atoms with Crippen molar-refractivity contribution < 1.29 is 14.3 Å². The monoisotopic (exact) mass is 437 g/mol. The summed E-state index contributed by atoms with van der Waals surface area (Å²) in [5.74, 6) is 0.106. The van der Waals surface area contributed by atoms with Gasteiger partial charge in [-0.05, 0) is 48.9 Å². The van der Waals surface area contributed by atoms with Crippen molar-refractivity contribution in [3.05, 3.63) is 88.9 Å². The molecule has 1 atom stereocenters. The van der Waals surface area contributed by atoms with E-state index in [1.807, 2.05) is 37.3 Å². The number of hydrogen-bond donors (Lipinski definition) is 3. The summed E-state index contributed by atoms with van der Waals surface area (Å²) in [6, 6.07) is 21.6. The average Bonchev–Trinajstić information content (AvgIpc) is 2.78. The Kier molecular flexibility index (Phi) is 7.51. The molecule has 0 aromatic heterocycles. The molecular weight excluding hydrogens is 414 g/mol. The summed E-state index contributed by atoms with van der Waals surface area (Å²) >= 11 is 6.09. The van der Waals surface area contributed by atoms with Crippen LogP contribution in [0.4, 0.5) is 11.4 Å².